The summed E-state index contributed by atoms with van der Waals surface area (Å²) < 4.78 is 0. The highest BCUT2D eigenvalue weighted by Gasteiger charge is 2.25. The van der Waals surface area contributed by atoms with E-state index >= 15 is 0 Å². The van der Waals surface area contributed by atoms with E-state index in [0.717, 1.165) is 31.8 Å². The lowest BCUT2D eigenvalue weighted by molar-refractivity contribution is 0.0669. The van der Waals surface area contributed by atoms with Gasteiger partial charge in [0, 0.05) is 24.5 Å². The molecule has 1 saturated heterocycles. The van der Waals surface area contributed by atoms with Gasteiger partial charge in [0.25, 0.3) is 5.91 Å². The SMILES string of the molecule is CC(C)C1CCN(C(=O)c2ccc(N)cc2N)CC1. The predicted molar refractivity (Wildman–Crippen MR) is 78.7 cm³/mol. The van der Waals surface area contributed by atoms with Crippen molar-refractivity contribution in [2.45, 2.75) is 26.7 Å². The molecule has 0 atom stereocenters. The summed E-state index contributed by atoms with van der Waals surface area (Å²) in [4.78, 5) is 14.3. The van der Waals surface area contributed by atoms with Gasteiger partial charge in [-0.3, -0.25) is 4.79 Å². The fourth-order valence-electron chi connectivity index (χ4n) is 2.72. The summed E-state index contributed by atoms with van der Waals surface area (Å²) in [5.41, 5.74) is 13.2. The maximum absolute atomic E-state index is 12.4. The zero-order valence-corrected chi connectivity index (χ0v) is 11.7. The van der Waals surface area contributed by atoms with Crippen LogP contribution in [-0.4, -0.2) is 23.9 Å². The van der Waals surface area contributed by atoms with Gasteiger partial charge < -0.3 is 16.4 Å². The molecule has 0 spiro atoms. The minimum Gasteiger partial charge on any atom is -0.399 e. The second-order valence-electron chi connectivity index (χ2n) is 5.72. The maximum atomic E-state index is 12.4. The number of nitrogens with zero attached hydrogens (tertiary/aromatic N) is 1. The van der Waals surface area contributed by atoms with E-state index in [9.17, 15) is 4.79 Å². The van der Waals surface area contributed by atoms with Crippen molar-refractivity contribution in [1.82, 2.24) is 4.90 Å². The quantitative estimate of drug-likeness (QED) is 0.803. The molecule has 4 heteroatoms. The number of anilines is 2. The topological polar surface area (TPSA) is 72.3 Å². The molecule has 1 fully saturated rings. The van der Waals surface area contributed by atoms with Crippen LogP contribution in [0.4, 0.5) is 11.4 Å². The van der Waals surface area contributed by atoms with Crippen LogP contribution in [0, 0.1) is 11.8 Å². The van der Waals surface area contributed by atoms with Gasteiger partial charge in [-0.15, -0.1) is 0 Å². The fourth-order valence-corrected chi connectivity index (χ4v) is 2.72. The van der Waals surface area contributed by atoms with E-state index in [4.69, 9.17) is 11.5 Å². The van der Waals surface area contributed by atoms with Crippen LogP contribution in [0.2, 0.25) is 0 Å². The number of nitrogen functional groups attached to an aromatic ring is 2. The molecular weight excluding hydrogens is 238 g/mol. The zero-order chi connectivity index (χ0) is 14.0. The highest BCUT2D eigenvalue weighted by atomic mass is 16.2. The van der Waals surface area contributed by atoms with Crippen molar-refractivity contribution in [1.29, 1.82) is 0 Å². The van der Waals surface area contributed by atoms with Crippen LogP contribution in [0.1, 0.15) is 37.0 Å². The van der Waals surface area contributed by atoms with Crippen molar-refractivity contribution in [2.24, 2.45) is 11.8 Å². The summed E-state index contributed by atoms with van der Waals surface area (Å²) in [5, 5.41) is 0. The van der Waals surface area contributed by atoms with Crippen LogP contribution in [0.25, 0.3) is 0 Å². The van der Waals surface area contributed by atoms with Crippen molar-refractivity contribution in [3.05, 3.63) is 23.8 Å². The largest absolute Gasteiger partial charge is 0.399 e. The van der Waals surface area contributed by atoms with Gasteiger partial charge in [0.2, 0.25) is 0 Å². The molecule has 4 N–H and O–H groups in total. The Morgan fingerprint density at radius 2 is 1.89 bits per heavy atom. The average Bonchev–Trinajstić information content (AvgIpc) is 2.38. The Labute approximate surface area is 114 Å². The van der Waals surface area contributed by atoms with Crippen molar-refractivity contribution in [3.8, 4) is 0 Å². The number of rotatable bonds is 2. The molecule has 1 heterocycles. The molecule has 0 radical (unpaired) electrons. The van der Waals surface area contributed by atoms with Crippen molar-refractivity contribution >= 4 is 17.3 Å². The van der Waals surface area contributed by atoms with E-state index in [0.29, 0.717) is 22.9 Å². The third-order valence-corrected chi connectivity index (χ3v) is 4.08. The Morgan fingerprint density at radius 1 is 1.26 bits per heavy atom. The average molecular weight is 261 g/mol. The van der Waals surface area contributed by atoms with Crippen molar-refractivity contribution in [2.75, 3.05) is 24.6 Å². The standard InChI is InChI=1S/C15H23N3O/c1-10(2)11-5-7-18(8-6-11)15(19)13-4-3-12(16)9-14(13)17/h3-4,9-11H,5-8,16-17H2,1-2H3. The van der Waals surface area contributed by atoms with Gasteiger partial charge in [0.1, 0.15) is 0 Å². The number of piperidine rings is 1. The first-order valence-corrected chi connectivity index (χ1v) is 6.93. The van der Waals surface area contributed by atoms with Crippen LogP contribution >= 0.6 is 0 Å². The summed E-state index contributed by atoms with van der Waals surface area (Å²) in [7, 11) is 0. The first-order chi connectivity index (χ1) is 8.99. The Hall–Kier alpha value is -1.71. The molecule has 1 aliphatic rings. The number of carbonyl (C=O) groups is 1. The maximum Gasteiger partial charge on any atom is 0.255 e. The first kappa shape index (κ1) is 13.7. The van der Waals surface area contributed by atoms with E-state index in [1.165, 1.54) is 0 Å². The highest BCUT2D eigenvalue weighted by Crippen LogP contribution is 2.26. The number of amides is 1. The van der Waals surface area contributed by atoms with Gasteiger partial charge in [-0.1, -0.05) is 13.8 Å². The molecule has 1 aromatic carbocycles. The molecule has 0 unspecified atom stereocenters. The smallest absolute Gasteiger partial charge is 0.255 e. The van der Waals surface area contributed by atoms with E-state index in [1.54, 1.807) is 18.2 Å². The summed E-state index contributed by atoms with van der Waals surface area (Å²) >= 11 is 0. The normalized spacial score (nSPS) is 16.9. The molecule has 104 valence electrons. The van der Waals surface area contributed by atoms with Gasteiger partial charge in [0.15, 0.2) is 0 Å². The number of hydrogen-bond donors (Lipinski definition) is 2. The van der Waals surface area contributed by atoms with Crippen LogP contribution in [0.5, 0.6) is 0 Å². The number of benzene rings is 1. The van der Waals surface area contributed by atoms with E-state index in [1.807, 2.05) is 4.90 Å². The van der Waals surface area contributed by atoms with Crippen molar-refractivity contribution < 1.29 is 4.79 Å². The Kier molecular flexibility index (Phi) is 3.98. The number of nitrogens with two attached hydrogens (primary N) is 2. The lowest BCUT2D eigenvalue weighted by Gasteiger charge is -2.34. The minimum absolute atomic E-state index is 0.0275. The third kappa shape index (κ3) is 3.00. The van der Waals surface area contributed by atoms with Gasteiger partial charge in [-0.05, 0) is 42.9 Å². The van der Waals surface area contributed by atoms with Crippen LogP contribution < -0.4 is 11.5 Å². The van der Waals surface area contributed by atoms with E-state index in [-0.39, 0.29) is 5.91 Å². The molecule has 0 saturated carbocycles. The number of likely N-dealkylation sites (tertiary alicyclic amines) is 1. The first-order valence-electron chi connectivity index (χ1n) is 6.93. The van der Waals surface area contributed by atoms with E-state index in [2.05, 4.69) is 13.8 Å². The molecular formula is C15H23N3O. The Bertz CT molecular complexity index is 462. The molecule has 1 amide bonds. The monoisotopic (exact) mass is 261 g/mol. The molecule has 0 aliphatic carbocycles. The van der Waals surface area contributed by atoms with Crippen LogP contribution in [0.15, 0.2) is 18.2 Å². The van der Waals surface area contributed by atoms with Crippen LogP contribution in [-0.2, 0) is 0 Å². The van der Waals surface area contributed by atoms with E-state index < -0.39 is 0 Å². The van der Waals surface area contributed by atoms with Gasteiger partial charge in [-0.25, -0.2) is 0 Å². The van der Waals surface area contributed by atoms with Crippen molar-refractivity contribution in [3.63, 3.8) is 0 Å². The summed E-state index contributed by atoms with van der Waals surface area (Å²) in [5.74, 6) is 1.45. The number of hydrogen-bond acceptors (Lipinski definition) is 3. The predicted octanol–water partition coefficient (Wildman–Crippen LogP) is 2.36. The molecule has 2 rings (SSSR count). The summed E-state index contributed by atoms with van der Waals surface area (Å²) in [6.07, 6.45) is 2.16. The summed E-state index contributed by atoms with van der Waals surface area (Å²) in [6, 6.07) is 5.10. The molecule has 19 heavy (non-hydrogen) atoms. The van der Waals surface area contributed by atoms with Gasteiger partial charge >= 0.3 is 0 Å². The zero-order valence-electron chi connectivity index (χ0n) is 11.7. The molecule has 1 aliphatic heterocycles. The molecule has 4 nitrogen and oxygen atoms in total. The summed E-state index contributed by atoms with van der Waals surface area (Å²) in [6.45, 7) is 6.15. The Morgan fingerprint density at radius 3 is 2.42 bits per heavy atom. The van der Waals surface area contributed by atoms with Gasteiger partial charge in [-0.2, -0.15) is 0 Å². The van der Waals surface area contributed by atoms with Crippen LogP contribution in [0.3, 0.4) is 0 Å². The third-order valence-electron chi connectivity index (χ3n) is 4.08. The molecule has 0 bridgehead atoms. The lowest BCUT2D eigenvalue weighted by Crippen LogP contribution is -2.39. The Balaban J connectivity index is 2.05. The second-order valence-corrected chi connectivity index (χ2v) is 5.72. The molecule has 1 aromatic rings. The molecule has 0 aromatic heterocycles. The van der Waals surface area contributed by atoms with Gasteiger partial charge in [0.05, 0.1) is 5.56 Å². The number of carbonyl (C=O) groups excluding carboxylic acids is 1. The second kappa shape index (κ2) is 5.51. The fraction of sp³-hybridized carbons (Fsp3) is 0.533. The minimum atomic E-state index is 0.0275. The lowest BCUT2D eigenvalue weighted by atomic mass is 9.86. The highest BCUT2D eigenvalue weighted by molar-refractivity contribution is 5.99.